The normalized spacial score (nSPS) is 18.5. The van der Waals surface area contributed by atoms with Crippen LogP contribution in [-0.4, -0.2) is 33.3 Å². The Morgan fingerprint density at radius 1 is 1.32 bits per heavy atom. The number of benzene rings is 1. The molecule has 28 heavy (non-hydrogen) atoms. The van der Waals surface area contributed by atoms with Gasteiger partial charge in [0.25, 0.3) is 0 Å². The van der Waals surface area contributed by atoms with Crippen molar-refractivity contribution in [3.05, 3.63) is 29.5 Å². The van der Waals surface area contributed by atoms with Crippen LogP contribution in [0.4, 0.5) is 0 Å². The van der Waals surface area contributed by atoms with Crippen molar-refractivity contribution in [2.45, 2.75) is 52.7 Å². The van der Waals surface area contributed by atoms with Crippen LogP contribution in [0.3, 0.4) is 0 Å². The molecular formula is C21H26N4O2S. The first-order valence-corrected chi connectivity index (χ1v) is 10.4. The number of aryl methyl sites for hydroxylation is 1. The van der Waals surface area contributed by atoms with E-state index in [9.17, 15) is 4.79 Å². The summed E-state index contributed by atoms with van der Waals surface area (Å²) in [6.07, 6.45) is 4.41. The molecule has 0 radical (unpaired) electrons. The monoisotopic (exact) mass is 398 g/mol. The van der Waals surface area contributed by atoms with Crippen LogP contribution in [0.5, 0.6) is 5.75 Å². The highest BCUT2D eigenvalue weighted by Crippen LogP contribution is 2.37. The molecule has 1 saturated heterocycles. The van der Waals surface area contributed by atoms with Gasteiger partial charge in [0.1, 0.15) is 11.9 Å². The number of amides is 1. The first-order chi connectivity index (χ1) is 13.2. The second-order valence-electron chi connectivity index (χ2n) is 8.49. The van der Waals surface area contributed by atoms with E-state index in [0.717, 1.165) is 32.1 Å². The van der Waals surface area contributed by atoms with Crippen LogP contribution in [0.25, 0.3) is 21.3 Å². The fraction of sp³-hybridized carbons (Fsp3) is 0.476. The Morgan fingerprint density at radius 3 is 2.75 bits per heavy atom. The van der Waals surface area contributed by atoms with Gasteiger partial charge in [-0.3, -0.25) is 9.48 Å². The van der Waals surface area contributed by atoms with Gasteiger partial charge in [0.05, 0.1) is 27.0 Å². The van der Waals surface area contributed by atoms with Crippen molar-refractivity contribution in [1.82, 2.24) is 20.1 Å². The van der Waals surface area contributed by atoms with Crippen LogP contribution in [0.15, 0.2) is 24.5 Å². The van der Waals surface area contributed by atoms with Gasteiger partial charge in [-0.05, 0) is 52.3 Å². The lowest BCUT2D eigenvalue weighted by Gasteiger charge is -2.20. The van der Waals surface area contributed by atoms with E-state index in [-0.39, 0.29) is 23.5 Å². The second-order valence-corrected chi connectivity index (χ2v) is 9.69. The smallest absolute Gasteiger partial charge is 0.220 e. The molecule has 1 fully saturated rings. The second kappa shape index (κ2) is 6.88. The van der Waals surface area contributed by atoms with E-state index in [1.54, 1.807) is 11.3 Å². The minimum Gasteiger partial charge on any atom is -0.489 e. The lowest BCUT2D eigenvalue weighted by atomic mass is 10.0. The van der Waals surface area contributed by atoms with Gasteiger partial charge in [0.15, 0.2) is 0 Å². The highest BCUT2D eigenvalue weighted by Gasteiger charge is 2.28. The Balaban J connectivity index is 1.71. The molecule has 0 aliphatic carbocycles. The Hall–Kier alpha value is -2.41. The van der Waals surface area contributed by atoms with E-state index in [1.165, 1.54) is 0 Å². The van der Waals surface area contributed by atoms with Crippen molar-refractivity contribution in [1.29, 1.82) is 0 Å². The average Bonchev–Trinajstić information content (AvgIpc) is 3.32. The molecule has 1 aromatic carbocycles. The predicted molar refractivity (Wildman–Crippen MR) is 112 cm³/mol. The number of hydrogen-bond donors (Lipinski definition) is 1. The van der Waals surface area contributed by atoms with Crippen LogP contribution < -0.4 is 10.1 Å². The third-order valence-corrected chi connectivity index (χ3v) is 6.15. The molecule has 1 N–H and O–H groups in total. The van der Waals surface area contributed by atoms with Gasteiger partial charge in [-0.2, -0.15) is 5.10 Å². The van der Waals surface area contributed by atoms with Crippen LogP contribution in [0.2, 0.25) is 0 Å². The Kier molecular flexibility index (Phi) is 4.65. The molecule has 2 atom stereocenters. The highest BCUT2D eigenvalue weighted by atomic mass is 32.1. The molecule has 0 spiro atoms. The fourth-order valence-electron chi connectivity index (χ4n) is 3.46. The third kappa shape index (κ3) is 3.63. The molecule has 3 heterocycles. The van der Waals surface area contributed by atoms with Crippen LogP contribution >= 0.6 is 11.3 Å². The number of carbonyl (C=O) groups excluding carboxylic acids is 1. The van der Waals surface area contributed by atoms with E-state index in [4.69, 9.17) is 4.74 Å². The van der Waals surface area contributed by atoms with Gasteiger partial charge in [-0.15, -0.1) is 11.3 Å². The summed E-state index contributed by atoms with van der Waals surface area (Å²) in [7, 11) is 0. The predicted octanol–water partition coefficient (Wildman–Crippen LogP) is 4.13. The van der Waals surface area contributed by atoms with Crippen molar-refractivity contribution >= 4 is 27.5 Å². The molecule has 7 heteroatoms. The molecule has 2 aromatic heterocycles. The van der Waals surface area contributed by atoms with Gasteiger partial charge in [0.2, 0.25) is 5.91 Å². The maximum atomic E-state index is 11.6. The number of hydrogen-bond acceptors (Lipinski definition) is 5. The van der Waals surface area contributed by atoms with E-state index in [1.807, 2.05) is 24.7 Å². The average molecular weight is 399 g/mol. The third-order valence-electron chi connectivity index (χ3n) is 5.15. The summed E-state index contributed by atoms with van der Waals surface area (Å²) in [5.74, 6) is 1.11. The summed E-state index contributed by atoms with van der Waals surface area (Å²) in [6, 6.07) is 4.17. The first-order valence-electron chi connectivity index (χ1n) is 9.61. The molecule has 0 bridgehead atoms. The number of nitrogens with zero attached hydrogens (tertiary/aromatic N) is 3. The fourth-order valence-corrected chi connectivity index (χ4v) is 4.32. The van der Waals surface area contributed by atoms with E-state index >= 15 is 0 Å². The number of rotatable bonds is 4. The number of thiazole rings is 1. The van der Waals surface area contributed by atoms with Crippen molar-refractivity contribution in [2.24, 2.45) is 5.92 Å². The molecule has 1 aliphatic rings. The minimum absolute atomic E-state index is 0.0582. The number of ether oxygens (including phenoxy) is 1. The zero-order chi connectivity index (χ0) is 20.1. The molecule has 0 unspecified atom stereocenters. The maximum Gasteiger partial charge on any atom is 0.220 e. The molecule has 1 aliphatic heterocycles. The van der Waals surface area contributed by atoms with E-state index in [2.05, 4.69) is 54.5 Å². The number of carbonyl (C=O) groups is 1. The summed E-state index contributed by atoms with van der Waals surface area (Å²) < 4.78 is 9.38. The van der Waals surface area contributed by atoms with Crippen molar-refractivity contribution < 1.29 is 9.53 Å². The Morgan fingerprint density at radius 2 is 2.11 bits per heavy atom. The van der Waals surface area contributed by atoms with Crippen molar-refractivity contribution in [3.63, 3.8) is 0 Å². The van der Waals surface area contributed by atoms with Gasteiger partial charge < -0.3 is 10.1 Å². The lowest BCUT2D eigenvalue weighted by Crippen LogP contribution is -2.25. The van der Waals surface area contributed by atoms with E-state index < -0.39 is 0 Å². The van der Waals surface area contributed by atoms with Gasteiger partial charge in [-0.25, -0.2) is 4.98 Å². The Labute approximate surface area is 168 Å². The summed E-state index contributed by atoms with van der Waals surface area (Å²) in [5, 5.41) is 8.42. The van der Waals surface area contributed by atoms with Gasteiger partial charge in [0, 0.05) is 30.6 Å². The molecule has 3 aromatic rings. The van der Waals surface area contributed by atoms with E-state index in [0.29, 0.717) is 13.0 Å². The summed E-state index contributed by atoms with van der Waals surface area (Å²) in [5.41, 5.74) is 2.94. The summed E-state index contributed by atoms with van der Waals surface area (Å²) in [6.45, 7) is 11.1. The zero-order valence-corrected chi connectivity index (χ0v) is 17.8. The van der Waals surface area contributed by atoms with Crippen LogP contribution in [0.1, 0.15) is 39.1 Å². The molecule has 0 saturated carbocycles. The van der Waals surface area contributed by atoms with Crippen molar-refractivity contribution in [2.75, 3.05) is 6.54 Å². The Bertz CT molecular complexity index is 1030. The first kappa shape index (κ1) is 18.9. The number of aromatic nitrogens is 3. The molecular weight excluding hydrogens is 372 g/mol. The number of fused-ring (bicyclic) bond motifs is 1. The maximum absolute atomic E-state index is 11.6. The summed E-state index contributed by atoms with van der Waals surface area (Å²) >= 11 is 1.64. The standard InChI is InChI=1S/C21H26N4O2S/c1-12(15-8-19(26)22-9-15)27-18-7-14(6-17-20(18)28-13(2)24-17)16-10-23-25(11-16)21(3,4)5/h6-7,10-12,15H,8-9H2,1-5H3,(H,22,26)/t12-,15-/m1/s1. The highest BCUT2D eigenvalue weighted by molar-refractivity contribution is 7.18. The molecule has 4 rings (SSSR count). The van der Waals surface area contributed by atoms with Gasteiger partial charge in [-0.1, -0.05) is 0 Å². The van der Waals surface area contributed by atoms with Crippen LogP contribution in [0, 0.1) is 12.8 Å². The molecule has 6 nitrogen and oxygen atoms in total. The van der Waals surface area contributed by atoms with Crippen molar-refractivity contribution in [3.8, 4) is 16.9 Å². The van der Waals surface area contributed by atoms with Crippen LogP contribution in [-0.2, 0) is 10.3 Å². The molecule has 1 amide bonds. The lowest BCUT2D eigenvalue weighted by molar-refractivity contribution is -0.119. The largest absolute Gasteiger partial charge is 0.489 e. The number of nitrogens with one attached hydrogen (secondary N) is 1. The van der Waals surface area contributed by atoms with Gasteiger partial charge >= 0.3 is 0 Å². The minimum atomic E-state index is -0.0740. The SMILES string of the molecule is Cc1nc2cc(-c3cnn(C(C)(C)C)c3)cc(O[C@H](C)[C@H]3CNC(=O)C3)c2s1. The summed E-state index contributed by atoms with van der Waals surface area (Å²) in [4.78, 5) is 16.2. The quantitative estimate of drug-likeness (QED) is 0.718. The zero-order valence-electron chi connectivity index (χ0n) is 16.9. The molecule has 148 valence electrons. The topological polar surface area (TPSA) is 69.0 Å².